The Morgan fingerprint density at radius 3 is 1.37 bits per heavy atom. The summed E-state index contributed by atoms with van der Waals surface area (Å²) < 4.78 is 1.42. The molecule has 0 spiro atoms. The van der Waals surface area contributed by atoms with Crippen LogP contribution in [-0.4, -0.2) is 30.7 Å². The van der Waals surface area contributed by atoms with Crippen molar-refractivity contribution in [2.45, 2.75) is 79.1 Å². The first kappa shape index (κ1) is 26.2. The van der Waals surface area contributed by atoms with Crippen molar-refractivity contribution in [3.63, 3.8) is 0 Å². The fourth-order valence-electron chi connectivity index (χ4n) is 3.97. The minimum Gasteiger partial charge on any atom is -0.872 e. The summed E-state index contributed by atoms with van der Waals surface area (Å²) in [6.45, 7) is 15.0. The SMILES string of the molecule is CCCC[N+](CCCC)(CCCC)CCCC.[O-]c1ccccc1-c1ccccc1. The second kappa shape index (κ2) is 16.0. The average Bonchev–Trinajstić information content (AvgIpc) is 2.79. The summed E-state index contributed by atoms with van der Waals surface area (Å²) in [5.74, 6) is 0.0775. The summed E-state index contributed by atoms with van der Waals surface area (Å²) in [7, 11) is 0. The molecule has 2 nitrogen and oxygen atoms in total. The lowest BCUT2D eigenvalue weighted by atomic mass is 10.1. The number of hydrogen-bond donors (Lipinski definition) is 0. The maximum Gasteiger partial charge on any atom is 0.0786 e. The van der Waals surface area contributed by atoms with E-state index in [4.69, 9.17) is 0 Å². The molecule has 0 atom stereocenters. The first-order valence-corrected chi connectivity index (χ1v) is 12.3. The molecular weight excluding hydrogens is 366 g/mol. The lowest BCUT2D eigenvalue weighted by Crippen LogP contribution is -2.50. The quantitative estimate of drug-likeness (QED) is 0.314. The smallest absolute Gasteiger partial charge is 0.0786 e. The van der Waals surface area contributed by atoms with Gasteiger partial charge >= 0.3 is 0 Å². The van der Waals surface area contributed by atoms with Gasteiger partial charge in [-0.25, -0.2) is 0 Å². The van der Waals surface area contributed by atoms with Crippen LogP contribution in [0.4, 0.5) is 0 Å². The van der Waals surface area contributed by atoms with E-state index in [9.17, 15) is 5.11 Å². The summed E-state index contributed by atoms with van der Waals surface area (Å²) in [6.07, 6.45) is 11.1. The van der Waals surface area contributed by atoms with Gasteiger partial charge in [-0.15, -0.1) is 5.75 Å². The Morgan fingerprint density at radius 2 is 0.967 bits per heavy atom. The van der Waals surface area contributed by atoms with Gasteiger partial charge in [0, 0.05) is 0 Å². The first-order valence-electron chi connectivity index (χ1n) is 12.3. The highest BCUT2D eigenvalue weighted by Crippen LogP contribution is 2.25. The van der Waals surface area contributed by atoms with Crippen LogP contribution in [0, 0.1) is 0 Å². The van der Waals surface area contributed by atoms with Crippen molar-refractivity contribution in [3.05, 3.63) is 54.6 Å². The van der Waals surface area contributed by atoms with Gasteiger partial charge < -0.3 is 9.59 Å². The van der Waals surface area contributed by atoms with Gasteiger partial charge in [0.25, 0.3) is 0 Å². The van der Waals surface area contributed by atoms with Crippen LogP contribution in [-0.2, 0) is 0 Å². The third-order valence-corrected chi connectivity index (χ3v) is 5.92. The van der Waals surface area contributed by atoms with Gasteiger partial charge in [-0.3, -0.25) is 0 Å². The zero-order valence-electron chi connectivity index (χ0n) is 20.0. The number of quaternary nitrogens is 1. The number of hydrogen-bond acceptors (Lipinski definition) is 1. The molecule has 0 amide bonds. The molecule has 0 aliphatic carbocycles. The highest BCUT2D eigenvalue weighted by atomic mass is 16.3. The molecule has 0 radical (unpaired) electrons. The van der Waals surface area contributed by atoms with E-state index >= 15 is 0 Å². The van der Waals surface area contributed by atoms with Crippen LogP contribution in [0.2, 0.25) is 0 Å². The monoisotopic (exact) mass is 411 g/mol. The summed E-state index contributed by atoms with van der Waals surface area (Å²) >= 11 is 0. The predicted molar refractivity (Wildman–Crippen MR) is 131 cm³/mol. The van der Waals surface area contributed by atoms with Crippen molar-refractivity contribution in [2.24, 2.45) is 0 Å². The molecule has 0 heterocycles. The summed E-state index contributed by atoms with van der Waals surface area (Å²) in [6, 6.07) is 16.8. The zero-order chi connectivity index (χ0) is 22.1. The molecule has 2 aromatic carbocycles. The van der Waals surface area contributed by atoms with E-state index in [1.165, 1.54) is 82.0 Å². The minimum absolute atomic E-state index is 0.0775. The maximum absolute atomic E-state index is 11.4. The lowest BCUT2D eigenvalue weighted by molar-refractivity contribution is -0.929. The number of rotatable bonds is 13. The Hall–Kier alpha value is -1.80. The van der Waals surface area contributed by atoms with Crippen LogP contribution in [0.3, 0.4) is 0 Å². The number of benzene rings is 2. The molecule has 2 aromatic rings. The molecule has 0 saturated carbocycles. The van der Waals surface area contributed by atoms with E-state index in [1.54, 1.807) is 12.1 Å². The minimum atomic E-state index is 0.0775. The Labute approximate surface area is 186 Å². The Morgan fingerprint density at radius 1 is 0.567 bits per heavy atom. The molecule has 2 rings (SSSR count). The Kier molecular flexibility index (Phi) is 14.0. The molecule has 0 unspecified atom stereocenters. The summed E-state index contributed by atoms with van der Waals surface area (Å²) in [5, 5.41) is 11.4. The van der Waals surface area contributed by atoms with Gasteiger partial charge in [0.1, 0.15) is 0 Å². The zero-order valence-corrected chi connectivity index (χ0v) is 20.0. The number of nitrogens with zero attached hydrogens (tertiary/aromatic N) is 1. The van der Waals surface area contributed by atoms with Crippen molar-refractivity contribution < 1.29 is 9.59 Å². The first-order chi connectivity index (χ1) is 14.6. The van der Waals surface area contributed by atoms with E-state index in [1.807, 2.05) is 42.5 Å². The van der Waals surface area contributed by atoms with Crippen LogP contribution in [0.5, 0.6) is 5.75 Å². The molecule has 0 saturated heterocycles. The van der Waals surface area contributed by atoms with Crippen LogP contribution in [0.1, 0.15) is 79.1 Å². The van der Waals surface area contributed by atoms with Crippen molar-refractivity contribution in [2.75, 3.05) is 26.2 Å². The number of unbranched alkanes of at least 4 members (excludes halogenated alkanes) is 4. The molecular formula is C28H45NO. The second-order valence-electron chi connectivity index (χ2n) is 8.51. The van der Waals surface area contributed by atoms with Gasteiger partial charge in [0.2, 0.25) is 0 Å². The average molecular weight is 412 g/mol. The predicted octanol–water partition coefficient (Wildman–Crippen LogP) is 7.43. The summed E-state index contributed by atoms with van der Waals surface area (Å²) in [4.78, 5) is 0. The highest BCUT2D eigenvalue weighted by molar-refractivity contribution is 5.69. The van der Waals surface area contributed by atoms with Gasteiger partial charge in [0.15, 0.2) is 0 Å². The third-order valence-electron chi connectivity index (χ3n) is 5.92. The fourth-order valence-corrected chi connectivity index (χ4v) is 3.97. The third kappa shape index (κ3) is 9.80. The Bertz CT molecular complexity index is 615. The van der Waals surface area contributed by atoms with Crippen LogP contribution < -0.4 is 5.11 Å². The van der Waals surface area contributed by atoms with Gasteiger partial charge in [-0.05, 0) is 36.8 Å². The van der Waals surface area contributed by atoms with Gasteiger partial charge in [-0.1, -0.05) is 108 Å². The molecule has 0 N–H and O–H groups in total. The second-order valence-corrected chi connectivity index (χ2v) is 8.51. The molecule has 0 fully saturated rings. The molecule has 0 aromatic heterocycles. The van der Waals surface area contributed by atoms with E-state index in [0.29, 0.717) is 0 Å². The number of para-hydroxylation sites is 1. The summed E-state index contributed by atoms with van der Waals surface area (Å²) in [5.41, 5.74) is 1.75. The van der Waals surface area contributed by atoms with Crippen molar-refractivity contribution in [3.8, 4) is 16.9 Å². The molecule has 0 aliphatic heterocycles. The van der Waals surface area contributed by atoms with Gasteiger partial charge in [0.05, 0.1) is 26.2 Å². The lowest BCUT2D eigenvalue weighted by Gasteiger charge is -2.39. The van der Waals surface area contributed by atoms with Crippen molar-refractivity contribution in [1.29, 1.82) is 0 Å². The molecule has 0 aliphatic rings. The fraction of sp³-hybridized carbons (Fsp3) is 0.571. The van der Waals surface area contributed by atoms with E-state index in [2.05, 4.69) is 27.7 Å². The van der Waals surface area contributed by atoms with Crippen molar-refractivity contribution >= 4 is 0 Å². The largest absolute Gasteiger partial charge is 0.872 e. The maximum atomic E-state index is 11.4. The van der Waals surface area contributed by atoms with Crippen LogP contribution >= 0.6 is 0 Å². The molecule has 0 bridgehead atoms. The topological polar surface area (TPSA) is 23.1 Å². The molecule has 168 valence electrons. The van der Waals surface area contributed by atoms with E-state index in [0.717, 1.165) is 11.1 Å². The highest BCUT2D eigenvalue weighted by Gasteiger charge is 2.24. The molecule has 30 heavy (non-hydrogen) atoms. The Balaban J connectivity index is 0.000000308. The molecule has 2 heteroatoms. The normalized spacial score (nSPS) is 11.1. The van der Waals surface area contributed by atoms with Crippen molar-refractivity contribution in [1.82, 2.24) is 0 Å². The van der Waals surface area contributed by atoms with Crippen LogP contribution in [0.25, 0.3) is 11.1 Å². The standard InChI is InChI=1S/C16H36N.C12H10O/c1-5-9-13-17(14-10-6-2,15-11-7-3)16-12-8-4;13-12-9-5-4-8-11(12)10-6-2-1-3-7-10/h5-16H2,1-4H3;1-9,13H/q+1;/p-1. The van der Waals surface area contributed by atoms with Gasteiger partial charge in [-0.2, -0.15) is 0 Å². The van der Waals surface area contributed by atoms with Crippen LogP contribution in [0.15, 0.2) is 54.6 Å². The van der Waals surface area contributed by atoms with E-state index < -0.39 is 0 Å². The van der Waals surface area contributed by atoms with E-state index in [-0.39, 0.29) is 5.75 Å².